The molecule has 3 heterocycles. The van der Waals surface area contributed by atoms with E-state index in [9.17, 15) is 19.2 Å². The van der Waals surface area contributed by atoms with Gasteiger partial charge in [0.1, 0.15) is 12.4 Å². The molecule has 7 rings (SSSR count). The summed E-state index contributed by atoms with van der Waals surface area (Å²) in [5.74, 6) is -0.868. The minimum Gasteiger partial charge on any atom is -0.469 e. The van der Waals surface area contributed by atoms with Crippen molar-refractivity contribution < 1.29 is 28.3 Å². The van der Waals surface area contributed by atoms with E-state index in [0.29, 0.717) is 47.4 Å². The van der Waals surface area contributed by atoms with Crippen LogP contribution in [0.4, 0.5) is 20.6 Å². The Bertz CT molecular complexity index is 1670. The third-order valence-corrected chi connectivity index (χ3v) is 8.94. The first-order valence-electron chi connectivity index (χ1n) is 15.5. The summed E-state index contributed by atoms with van der Waals surface area (Å²) in [5, 5.41) is 5.32. The van der Waals surface area contributed by atoms with Gasteiger partial charge in [0.25, 0.3) is 5.91 Å². The topological polar surface area (TPSA) is 120 Å². The van der Waals surface area contributed by atoms with Crippen LogP contribution in [0.15, 0.2) is 77.8 Å². The quantitative estimate of drug-likeness (QED) is 0.374. The van der Waals surface area contributed by atoms with Crippen molar-refractivity contribution in [1.82, 2.24) is 10.2 Å². The van der Waals surface area contributed by atoms with Crippen molar-refractivity contribution in [3.63, 3.8) is 0 Å². The van der Waals surface area contributed by atoms with Gasteiger partial charge in [-0.3, -0.25) is 19.3 Å². The number of esters is 1. The molecule has 1 atom stereocenters. The number of fused-ring (bicyclic) bond motifs is 5. The second-order valence-electron chi connectivity index (χ2n) is 12.0. The number of ether oxygens (including phenoxy) is 1. The molecule has 0 radical (unpaired) electrons. The van der Waals surface area contributed by atoms with Crippen LogP contribution < -0.4 is 15.5 Å². The number of aliphatic imine (C=N–C) groups is 1. The van der Waals surface area contributed by atoms with Gasteiger partial charge in [-0.15, -0.1) is 0 Å². The first kappa shape index (κ1) is 30.9. The second kappa shape index (κ2) is 13.5. The molecule has 2 saturated heterocycles. The van der Waals surface area contributed by atoms with Gasteiger partial charge in [0.2, 0.25) is 12.1 Å². The number of nitrogens with one attached hydrogen (secondary N) is 2. The average Bonchev–Trinajstić information content (AvgIpc) is 3.44. The summed E-state index contributed by atoms with van der Waals surface area (Å²) in [6.07, 6.45) is 2.95. The van der Waals surface area contributed by atoms with E-state index in [0.717, 1.165) is 25.7 Å². The Morgan fingerprint density at radius 2 is 1.59 bits per heavy atom. The van der Waals surface area contributed by atoms with Crippen molar-refractivity contribution in [3.05, 3.63) is 95.3 Å². The monoisotopic (exact) mass is 625 g/mol. The van der Waals surface area contributed by atoms with E-state index in [1.54, 1.807) is 66.7 Å². The maximum Gasteiger partial charge on any atom is 0.321 e. The van der Waals surface area contributed by atoms with Crippen molar-refractivity contribution in [2.75, 3.05) is 37.0 Å². The van der Waals surface area contributed by atoms with Gasteiger partial charge < -0.3 is 20.3 Å². The molecule has 2 bridgehead atoms. The van der Waals surface area contributed by atoms with Crippen molar-refractivity contribution >= 4 is 40.9 Å². The van der Waals surface area contributed by atoms with E-state index in [2.05, 4.69) is 15.6 Å². The van der Waals surface area contributed by atoms with Crippen LogP contribution in [-0.2, 0) is 25.5 Å². The van der Waals surface area contributed by atoms with Crippen LogP contribution in [0.5, 0.6) is 0 Å². The predicted molar refractivity (Wildman–Crippen MR) is 171 cm³/mol. The zero-order valence-corrected chi connectivity index (χ0v) is 25.6. The number of hydrogen-bond acceptors (Lipinski definition) is 6. The third kappa shape index (κ3) is 6.78. The number of rotatable bonds is 7. The summed E-state index contributed by atoms with van der Waals surface area (Å²) in [7, 11) is 1.30. The number of hydrogen-bond donors (Lipinski definition) is 2. The van der Waals surface area contributed by atoms with Gasteiger partial charge in [-0.25, -0.2) is 14.2 Å². The Labute approximate surface area is 266 Å². The number of methoxy groups -OCH3 is 1. The molecular weight excluding hydrogens is 589 g/mol. The van der Waals surface area contributed by atoms with E-state index in [1.165, 1.54) is 18.1 Å². The number of anilines is 2. The Morgan fingerprint density at radius 1 is 0.913 bits per heavy atom. The molecule has 3 fully saturated rings. The molecule has 1 unspecified atom stereocenters. The van der Waals surface area contributed by atoms with Crippen molar-refractivity contribution in [2.45, 2.75) is 38.3 Å². The van der Waals surface area contributed by atoms with Crippen LogP contribution in [0.25, 0.3) is 0 Å². The molecule has 10 nitrogen and oxygen atoms in total. The highest BCUT2D eigenvalue weighted by Gasteiger charge is 2.37. The maximum absolute atomic E-state index is 15.2. The lowest BCUT2D eigenvalue weighted by atomic mass is 9.84. The average molecular weight is 626 g/mol. The zero-order chi connectivity index (χ0) is 32.2. The van der Waals surface area contributed by atoms with Crippen LogP contribution in [0.1, 0.15) is 42.4 Å². The minimum absolute atomic E-state index is 0.0187. The lowest BCUT2D eigenvalue weighted by Gasteiger charge is -2.29. The molecule has 3 aliphatic heterocycles. The summed E-state index contributed by atoms with van der Waals surface area (Å²) in [6.45, 7) is 1.08. The summed E-state index contributed by atoms with van der Waals surface area (Å²) in [4.78, 5) is 61.0. The smallest absolute Gasteiger partial charge is 0.321 e. The van der Waals surface area contributed by atoms with Gasteiger partial charge in [0.05, 0.1) is 24.9 Å². The van der Waals surface area contributed by atoms with Crippen molar-refractivity contribution in [3.8, 4) is 0 Å². The van der Waals surface area contributed by atoms with Crippen LogP contribution in [-0.4, -0.2) is 67.3 Å². The zero-order valence-electron chi connectivity index (χ0n) is 25.6. The minimum atomic E-state index is -1.48. The molecule has 0 spiro atoms. The number of carbonyl (C=O) groups is 4. The molecule has 1 saturated carbocycles. The SMILES string of the molecule is COC(=O)Cc1cccc(NC(=O)NC2N=C(c3ccccc3F)c3ccccc3N(CC(=O)N3CC4CCC(CC4)C3)C2=O)c1. The Morgan fingerprint density at radius 3 is 2.28 bits per heavy atom. The first-order valence-corrected chi connectivity index (χ1v) is 15.5. The highest BCUT2D eigenvalue weighted by atomic mass is 19.1. The van der Waals surface area contributed by atoms with Crippen molar-refractivity contribution in [1.29, 1.82) is 0 Å². The largest absolute Gasteiger partial charge is 0.469 e. The molecule has 2 N–H and O–H groups in total. The number of urea groups is 1. The van der Waals surface area contributed by atoms with E-state index < -0.39 is 29.9 Å². The Hall–Kier alpha value is -5.06. The number of nitrogens with zero attached hydrogens (tertiary/aromatic N) is 3. The molecule has 3 aromatic carbocycles. The van der Waals surface area contributed by atoms with E-state index in [1.807, 2.05) is 4.90 Å². The normalized spacial score (nSPS) is 20.6. The molecule has 4 amide bonds. The molecule has 1 aliphatic carbocycles. The Balaban J connectivity index is 1.31. The van der Waals surface area contributed by atoms with Gasteiger partial charge in [-0.1, -0.05) is 42.5 Å². The van der Waals surface area contributed by atoms with Gasteiger partial charge in [0.15, 0.2) is 0 Å². The number of para-hydroxylation sites is 1. The van der Waals surface area contributed by atoms with Crippen LogP contribution in [0, 0.1) is 17.7 Å². The molecule has 4 aliphatic rings. The number of halogens is 1. The first-order chi connectivity index (χ1) is 22.3. The third-order valence-electron chi connectivity index (χ3n) is 8.94. The van der Waals surface area contributed by atoms with Gasteiger partial charge in [-0.2, -0.15) is 0 Å². The lowest BCUT2D eigenvalue weighted by molar-refractivity contribution is -0.139. The van der Waals surface area contributed by atoms with E-state index in [4.69, 9.17) is 4.74 Å². The fraction of sp³-hybridized carbons (Fsp3) is 0.343. The summed E-state index contributed by atoms with van der Waals surface area (Å²) < 4.78 is 20.0. The fourth-order valence-corrected chi connectivity index (χ4v) is 6.58. The highest BCUT2D eigenvalue weighted by molar-refractivity contribution is 6.21. The van der Waals surface area contributed by atoms with Crippen LogP contribution >= 0.6 is 0 Å². The summed E-state index contributed by atoms with van der Waals surface area (Å²) >= 11 is 0. The predicted octanol–water partition coefficient (Wildman–Crippen LogP) is 4.52. The molecular formula is C35H36FN5O5. The number of benzene rings is 3. The molecule has 46 heavy (non-hydrogen) atoms. The van der Waals surface area contributed by atoms with Crippen LogP contribution in [0.3, 0.4) is 0 Å². The molecule has 3 aromatic rings. The lowest BCUT2D eigenvalue weighted by Crippen LogP contribution is -2.51. The fourth-order valence-electron chi connectivity index (χ4n) is 6.58. The molecule has 238 valence electrons. The highest BCUT2D eigenvalue weighted by Crippen LogP contribution is 2.34. The molecule has 11 heteroatoms. The van der Waals surface area contributed by atoms with Gasteiger partial charge in [-0.05, 0) is 73.4 Å². The number of carbonyl (C=O) groups excluding carboxylic acids is 4. The summed E-state index contributed by atoms with van der Waals surface area (Å²) in [6, 6.07) is 19.0. The van der Waals surface area contributed by atoms with E-state index >= 15 is 4.39 Å². The second-order valence-corrected chi connectivity index (χ2v) is 12.0. The summed E-state index contributed by atoms with van der Waals surface area (Å²) in [5.41, 5.74) is 2.20. The number of amides is 4. The van der Waals surface area contributed by atoms with Gasteiger partial charge in [0, 0.05) is 29.9 Å². The Kier molecular flexibility index (Phi) is 9.09. The van der Waals surface area contributed by atoms with Crippen LogP contribution in [0.2, 0.25) is 0 Å². The van der Waals surface area contributed by atoms with E-state index in [-0.39, 0.29) is 30.1 Å². The standard InChI is InChI=1S/C35H36FN5O5/c1-46-31(43)18-24-7-6-8-25(17-24)37-35(45)39-33-34(44)41(21-30(42)40-19-22-13-14-23(20-40)16-15-22)29-12-5-3-10-27(29)32(38-33)26-9-2-4-11-28(26)36/h2-12,17,22-23,33H,13-16,18-21H2,1H3,(H2,37,39,45). The van der Waals surface area contributed by atoms with Gasteiger partial charge >= 0.3 is 12.0 Å². The number of benzodiazepines with no additional fused rings is 1. The molecule has 0 aromatic heterocycles. The maximum atomic E-state index is 15.2. The van der Waals surface area contributed by atoms with Crippen molar-refractivity contribution in [2.24, 2.45) is 16.8 Å².